The Hall–Kier alpha value is -2.57. The van der Waals surface area contributed by atoms with E-state index in [0.29, 0.717) is 17.3 Å². The Kier molecular flexibility index (Phi) is 7.21. The number of hydrogen-bond donors (Lipinski definition) is 2. The van der Waals surface area contributed by atoms with Gasteiger partial charge in [0.15, 0.2) is 6.10 Å². The number of ether oxygens (including phenoxy) is 1. The summed E-state index contributed by atoms with van der Waals surface area (Å²) in [6, 6.07) is 13.2. The van der Waals surface area contributed by atoms with Gasteiger partial charge in [0.2, 0.25) is 5.91 Å². The molecule has 0 spiro atoms. The summed E-state index contributed by atoms with van der Waals surface area (Å²) in [6.45, 7) is 2.28. The quantitative estimate of drug-likeness (QED) is 0.726. The van der Waals surface area contributed by atoms with E-state index in [0.717, 1.165) is 16.7 Å². The van der Waals surface area contributed by atoms with Gasteiger partial charge < -0.3 is 15.8 Å². The normalized spacial score (nSPS) is 11.9. The Morgan fingerprint density at radius 2 is 1.96 bits per heavy atom. The minimum atomic E-state index is -0.765. The van der Waals surface area contributed by atoms with Crippen molar-refractivity contribution in [1.29, 1.82) is 0 Å². The lowest BCUT2D eigenvalue weighted by Gasteiger charge is -2.21. The molecule has 2 aromatic carbocycles. The number of hydrogen-bond acceptors (Lipinski definition) is 4. The summed E-state index contributed by atoms with van der Waals surface area (Å²) < 4.78 is 5.73. The average Bonchev–Trinajstić information content (AvgIpc) is 2.63. The lowest BCUT2D eigenvalue weighted by atomic mass is 10.0. The molecule has 0 aliphatic heterocycles. The number of carbonyl (C=O) groups is 2. The number of nitrogens with one attached hydrogen (secondary N) is 1. The van der Waals surface area contributed by atoms with Gasteiger partial charge in [0, 0.05) is 29.7 Å². The van der Waals surface area contributed by atoms with E-state index in [1.807, 2.05) is 48.3 Å². The third-order valence-electron chi connectivity index (χ3n) is 4.08. The number of amides is 2. The Bertz CT molecular complexity index is 826. The number of benzene rings is 2. The molecule has 0 aromatic heterocycles. The number of rotatable bonds is 8. The lowest BCUT2D eigenvalue weighted by Crippen LogP contribution is -2.33. The Balaban J connectivity index is 2.37. The molecular formula is C20H24ClN3O3. The zero-order valence-corrected chi connectivity index (χ0v) is 16.4. The van der Waals surface area contributed by atoms with Gasteiger partial charge in [-0.05, 0) is 37.7 Å². The van der Waals surface area contributed by atoms with Crippen molar-refractivity contribution in [2.24, 2.45) is 5.73 Å². The molecule has 27 heavy (non-hydrogen) atoms. The van der Waals surface area contributed by atoms with Crippen LogP contribution in [0.4, 0.5) is 0 Å². The summed E-state index contributed by atoms with van der Waals surface area (Å²) in [5.41, 5.74) is 7.95. The predicted molar refractivity (Wildman–Crippen MR) is 107 cm³/mol. The first-order valence-electron chi connectivity index (χ1n) is 8.54. The number of primary amides is 1. The minimum Gasteiger partial charge on any atom is -0.481 e. The van der Waals surface area contributed by atoms with Crippen molar-refractivity contribution in [3.63, 3.8) is 0 Å². The smallest absolute Gasteiger partial charge is 0.258 e. The van der Waals surface area contributed by atoms with Crippen molar-refractivity contribution in [2.75, 3.05) is 20.6 Å². The maximum absolute atomic E-state index is 11.6. The molecule has 144 valence electrons. The van der Waals surface area contributed by atoms with Crippen LogP contribution in [-0.2, 0) is 16.1 Å². The van der Waals surface area contributed by atoms with Crippen molar-refractivity contribution in [3.8, 4) is 16.9 Å². The first-order chi connectivity index (χ1) is 12.8. The van der Waals surface area contributed by atoms with Crippen LogP contribution in [0.25, 0.3) is 11.1 Å². The fourth-order valence-electron chi connectivity index (χ4n) is 2.60. The molecule has 2 aromatic rings. The van der Waals surface area contributed by atoms with Crippen LogP contribution in [-0.4, -0.2) is 43.5 Å². The van der Waals surface area contributed by atoms with Crippen LogP contribution in [0.5, 0.6) is 5.75 Å². The highest BCUT2D eigenvalue weighted by Crippen LogP contribution is 2.32. The Labute approximate surface area is 164 Å². The summed E-state index contributed by atoms with van der Waals surface area (Å²) in [5, 5.41) is 3.24. The van der Waals surface area contributed by atoms with Gasteiger partial charge in [-0.1, -0.05) is 35.9 Å². The fourth-order valence-corrected chi connectivity index (χ4v) is 2.85. The molecule has 0 bridgehead atoms. The van der Waals surface area contributed by atoms with Crippen molar-refractivity contribution in [3.05, 3.63) is 53.1 Å². The van der Waals surface area contributed by atoms with E-state index in [2.05, 4.69) is 5.32 Å². The molecular weight excluding hydrogens is 366 g/mol. The van der Waals surface area contributed by atoms with Crippen LogP contribution in [0, 0.1) is 0 Å². The van der Waals surface area contributed by atoms with Gasteiger partial charge >= 0.3 is 0 Å². The van der Waals surface area contributed by atoms with Crippen LogP contribution in [0.1, 0.15) is 12.5 Å². The van der Waals surface area contributed by atoms with E-state index in [-0.39, 0.29) is 12.5 Å². The average molecular weight is 390 g/mol. The van der Waals surface area contributed by atoms with E-state index in [1.54, 1.807) is 20.0 Å². The molecule has 6 nitrogen and oxygen atoms in total. The summed E-state index contributed by atoms with van der Waals surface area (Å²) >= 11 is 6.31. The van der Waals surface area contributed by atoms with Gasteiger partial charge in [0.25, 0.3) is 5.91 Å². The monoisotopic (exact) mass is 389 g/mol. The van der Waals surface area contributed by atoms with Gasteiger partial charge in [-0.2, -0.15) is 0 Å². The molecule has 3 N–H and O–H groups in total. The van der Waals surface area contributed by atoms with E-state index >= 15 is 0 Å². The lowest BCUT2D eigenvalue weighted by molar-refractivity contribution is -0.124. The van der Waals surface area contributed by atoms with E-state index in [1.165, 1.54) is 0 Å². The summed E-state index contributed by atoms with van der Waals surface area (Å²) in [5.74, 6) is -0.0940. The van der Waals surface area contributed by atoms with Crippen LogP contribution < -0.4 is 15.8 Å². The predicted octanol–water partition coefficient (Wildman–Crippen LogP) is 2.44. The standard InChI is InChI=1S/C20H24ClN3O3/c1-13(20(22)26)27-18-9-8-14(16-6-4-5-7-17(16)21)10-15(18)11-24(3)12-19(25)23-2/h4-10,13H,11-12H2,1-3H3,(H2,22,26)(H,23,25). The molecule has 0 radical (unpaired) electrons. The molecule has 2 rings (SSSR count). The zero-order chi connectivity index (χ0) is 20.0. The second-order valence-electron chi connectivity index (χ2n) is 6.31. The van der Waals surface area contributed by atoms with Crippen LogP contribution in [0.2, 0.25) is 5.02 Å². The van der Waals surface area contributed by atoms with Gasteiger partial charge in [-0.25, -0.2) is 0 Å². The number of halogens is 1. The third-order valence-corrected chi connectivity index (χ3v) is 4.41. The van der Waals surface area contributed by atoms with E-state index < -0.39 is 12.0 Å². The Morgan fingerprint density at radius 1 is 1.26 bits per heavy atom. The molecule has 0 saturated carbocycles. The summed E-state index contributed by atoms with van der Waals surface area (Å²) in [4.78, 5) is 24.9. The number of nitrogens with zero attached hydrogens (tertiary/aromatic N) is 1. The molecule has 0 heterocycles. The third kappa shape index (κ3) is 5.70. The molecule has 0 aliphatic rings. The fraction of sp³-hybridized carbons (Fsp3) is 0.300. The second-order valence-corrected chi connectivity index (χ2v) is 6.72. The molecule has 7 heteroatoms. The van der Waals surface area contributed by atoms with Crippen molar-refractivity contribution in [1.82, 2.24) is 10.2 Å². The Morgan fingerprint density at radius 3 is 2.59 bits per heavy atom. The van der Waals surface area contributed by atoms with Crippen molar-refractivity contribution in [2.45, 2.75) is 19.6 Å². The van der Waals surface area contributed by atoms with Gasteiger partial charge in [0.1, 0.15) is 5.75 Å². The van der Waals surface area contributed by atoms with Crippen LogP contribution >= 0.6 is 11.6 Å². The molecule has 1 unspecified atom stereocenters. The SMILES string of the molecule is CNC(=O)CN(C)Cc1cc(-c2ccccc2Cl)ccc1OC(C)C(N)=O. The molecule has 0 saturated heterocycles. The summed E-state index contributed by atoms with van der Waals surface area (Å²) in [6.07, 6.45) is -0.765. The molecule has 1 atom stereocenters. The zero-order valence-electron chi connectivity index (χ0n) is 15.7. The van der Waals surface area contributed by atoms with Crippen molar-refractivity contribution < 1.29 is 14.3 Å². The minimum absolute atomic E-state index is 0.0901. The highest BCUT2D eigenvalue weighted by Gasteiger charge is 2.16. The molecule has 0 aliphatic carbocycles. The topological polar surface area (TPSA) is 84.7 Å². The van der Waals surface area contributed by atoms with E-state index in [4.69, 9.17) is 22.1 Å². The number of carbonyl (C=O) groups excluding carboxylic acids is 2. The first-order valence-corrected chi connectivity index (χ1v) is 8.92. The maximum atomic E-state index is 11.6. The maximum Gasteiger partial charge on any atom is 0.258 e. The first kappa shape index (κ1) is 20.7. The van der Waals surface area contributed by atoms with Gasteiger partial charge in [-0.15, -0.1) is 0 Å². The van der Waals surface area contributed by atoms with Gasteiger partial charge in [0.05, 0.1) is 6.54 Å². The van der Waals surface area contributed by atoms with Crippen LogP contribution in [0.3, 0.4) is 0 Å². The number of nitrogens with two attached hydrogens (primary N) is 1. The highest BCUT2D eigenvalue weighted by molar-refractivity contribution is 6.33. The van der Waals surface area contributed by atoms with Crippen LogP contribution in [0.15, 0.2) is 42.5 Å². The number of likely N-dealkylation sites (N-methyl/N-ethyl adjacent to an activating group) is 2. The van der Waals surface area contributed by atoms with E-state index in [9.17, 15) is 9.59 Å². The molecule has 2 amide bonds. The second kappa shape index (κ2) is 9.39. The van der Waals surface area contributed by atoms with Gasteiger partial charge in [-0.3, -0.25) is 14.5 Å². The largest absolute Gasteiger partial charge is 0.481 e. The molecule has 0 fully saturated rings. The summed E-state index contributed by atoms with van der Waals surface area (Å²) in [7, 11) is 3.43. The highest BCUT2D eigenvalue weighted by atomic mass is 35.5. The van der Waals surface area contributed by atoms with Crippen molar-refractivity contribution >= 4 is 23.4 Å².